The van der Waals surface area contributed by atoms with Gasteiger partial charge in [0.2, 0.25) is 16.3 Å². The molecule has 546 valence electrons. The van der Waals surface area contributed by atoms with Crippen LogP contribution in [0, 0.1) is 34.9 Å². The average molecular weight is 1420 g/mol. The van der Waals surface area contributed by atoms with E-state index < -0.39 is 68.9 Å². The molecular formula is C72H84F6N12O12. The minimum absolute atomic E-state index is 0.0850. The van der Waals surface area contributed by atoms with Crippen molar-refractivity contribution in [2.75, 3.05) is 94.1 Å². The molecule has 6 aliphatic rings. The Balaban J connectivity index is 0.000000165. The first-order chi connectivity index (χ1) is 49.2. The molecule has 6 bridgehead atoms. The van der Waals surface area contributed by atoms with Crippen LogP contribution < -0.4 is 61.5 Å². The number of rotatable bonds is 21. The number of amides is 6. The van der Waals surface area contributed by atoms with Crippen molar-refractivity contribution in [1.29, 1.82) is 0 Å². The average Bonchev–Trinajstić information content (AvgIpc) is 0.762. The van der Waals surface area contributed by atoms with Gasteiger partial charge >= 0.3 is 0 Å². The van der Waals surface area contributed by atoms with Gasteiger partial charge in [0.05, 0.1) is 19.8 Å². The summed E-state index contributed by atoms with van der Waals surface area (Å²) >= 11 is 0. The van der Waals surface area contributed by atoms with E-state index >= 15 is 0 Å². The maximum absolute atomic E-state index is 14.0. The SMILES string of the molecule is CCCCOc1c2n(cc(C(=O)NCc3ccc(F)cc3F)c1=O)N1CCCCCN(C1)C2=O.CCCCOc1c2n(cc(C(=O)NCc3ccc(F)cc3F)c1=O)N1CCCCCN(C1)C2=O.CCCCOc1c2n(cc(C(=O)NCc3ccc(F)cc3F)c1=O)N1CCCCCN(C1)C2=O. The molecule has 6 aliphatic heterocycles. The molecule has 24 nitrogen and oxygen atoms in total. The number of carbonyl (C=O) groups excluding carboxylic acids is 6. The predicted octanol–water partition coefficient (Wildman–Crippen LogP) is 8.31. The third kappa shape index (κ3) is 17.2. The van der Waals surface area contributed by atoms with E-state index in [0.717, 1.165) is 113 Å². The number of carbonyl (C=O) groups is 6. The summed E-state index contributed by atoms with van der Waals surface area (Å²) in [6.07, 6.45) is 16.9. The fourth-order valence-corrected chi connectivity index (χ4v) is 12.5. The first-order valence-corrected chi connectivity index (χ1v) is 34.8. The summed E-state index contributed by atoms with van der Waals surface area (Å²) in [5.41, 5.74) is -2.07. The largest absolute Gasteiger partial charge is 0.487 e. The van der Waals surface area contributed by atoms with Crippen LogP contribution >= 0.6 is 0 Å². The Hall–Kier alpha value is -10.3. The lowest BCUT2D eigenvalue weighted by Gasteiger charge is -2.41. The molecule has 3 fully saturated rings. The van der Waals surface area contributed by atoms with E-state index in [1.54, 1.807) is 28.7 Å². The second-order valence-corrected chi connectivity index (χ2v) is 25.5. The van der Waals surface area contributed by atoms with Crippen LogP contribution in [0.1, 0.15) is 196 Å². The fourth-order valence-electron chi connectivity index (χ4n) is 12.5. The first-order valence-electron chi connectivity index (χ1n) is 34.8. The highest BCUT2D eigenvalue weighted by Crippen LogP contribution is 2.29. The standard InChI is InChI=1S/3C24H28F2N4O4/c3*1-2-3-11-34-22-20-24(33)28-9-5-4-6-10-29(15-28)30(20)14-18(21(22)31)23(32)27-13-16-7-8-17(25)12-19(16)26/h3*7-8,12,14H,2-6,9-11,13,15H2,1H3,(H,27,32). The van der Waals surface area contributed by atoms with E-state index in [2.05, 4.69) is 16.0 Å². The van der Waals surface area contributed by atoms with Crippen LogP contribution in [0.3, 0.4) is 0 Å². The summed E-state index contributed by atoms with van der Waals surface area (Å²) in [6.45, 7) is 10.7. The molecule has 3 N–H and O–H groups in total. The van der Waals surface area contributed by atoms with E-state index in [1.807, 2.05) is 35.8 Å². The van der Waals surface area contributed by atoms with Gasteiger partial charge in [-0.2, -0.15) is 0 Å². The Labute approximate surface area is 584 Å². The minimum Gasteiger partial charge on any atom is -0.487 e. The number of halogens is 6. The lowest BCUT2D eigenvalue weighted by atomic mass is 10.1. The summed E-state index contributed by atoms with van der Waals surface area (Å²) in [4.78, 5) is 124. The first kappa shape index (κ1) is 74.4. The zero-order valence-electron chi connectivity index (χ0n) is 57.3. The van der Waals surface area contributed by atoms with E-state index in [9.17, 15) is 69.5 Å². The minimum atomic E-state index is -0.794. The van der Waals surface area contributed by atoms with Gasteiger partial charge in [0, 0.05) is 112 Å². The van der Waals surface area contributed by atoms with Crippen molar-refractivity contribution in [2.24, 2.45) is 0 Å². The molecule has 30 heteroatoms. The van der Waals surface area contributed by atoms with Gasteiger partial charge in [-0.3, -0.25) is 72.2 Å². The fraction of sp³-hybridized carbons (Fsp3) is 0.458. The van der Waals surface area contributed by atoms with Gasteiger partial charge in [0.1, 0.15) is 71.6 Å². The van der Waals surface area contributed by atoms with Crippen LogP contribution in [0.25, 0.3) is 0 Å². The number of nitrogens with zero attached hydrogens (tertiary/aromatic N) is 9. The monoisotopic (exact) mass is 1420 g/mol. The van der Waals surface area contributed by atoms with Crippen molar-refractivity contribution in [1.82, 2.24) is 44.7 Å². The Morgan fingerprint density at radius 1 is 0.382 bits per heavy atom. The van der Waals surface area contributed by atoms with E-state index in [0.29, 0.717) is 78.5 Å². The summed E-state index contributed by atoms with van der Waals surface area (Å²) < 4.78 is 103. The lowest BCUT2D eigenvalue weighted by Crippen LogP contribution is -2.56. The van der Waals surface area contributed by atoms with Gasteiger partial charge in [-0.15, -0.1) is 0 Å². The number of ether oxygens (including phenoxy) is 3. The van der Waals surface area contributed by atoms with Gasteiger partial charge in [-0.05, 0) is 95.2 Å². The zero-order valence-corrected chi connectivity index (χ0v) is 57.3. The number of unbranched alkanes of at least 4 members (excludes halogenated alkanes) is 3. The second kappa shape index (κ2) is 34.4. The van der Waals surface area contributed by atoms with Crippen molar-refractivity contribution in [3.63, 3.8) is 0 Å². The van der Waals surface area contributed by atoms with Crippen LogP contribution in [0.15, 0.2) is 87.6 Å². The Morgan fingerprint density at radius 3 is 0.902 bits per heavy atom. The molecule has 12 rings (SSSR count). The second-order valence-electron chi connectivity index (χ2n) is 25.5. The molecule has 0 spiro atoms. The van der Waals surface area contributed by atoms with Crippen LogP contribution in [0.5, 0.6) is 17.2 Å². The predicted molar refractivity (Wildman–Crippen MR) is 364 cm³/mol. The molecular weight excluding hydrogens is 1340 g/mol. The molecule has 0 unspecified atom stereocenters. The number of aromatic nitrogens is 3. The van der Waals surface area contributed by atoms with Crippen molar-refractivity contribution in [2.45, 2.75) is 137 Å². The van der Waals surface area contributed by atoms with Crippen molar-refractivity contribution in [3.8, 4) is 17.2 Å². The number of hydrogen-bond acceptors (Lipinski definition) is 15. The molecule has 3 saturated heterocycles. The highest BCUT2D eigenvalue weighted by atomic mass is 19.2. The molecule has 6 amide bonds. The molecule has 0 saturated carbocycles. The van der Waals surface area contributed by atoms with Crippen LogP contribution in [-0.4, -0.2) is 143 Å². The normalized spacial score (nSPS) is 15.4. The molecule has 0 radical (unpaired) electrons. The smallest absolute Gasteiger partial charge is 0.277 e. The third-order valence-corrected chi connectivity index (χ3v) is 18.2. The van der Waals surface area contributed by atoms with Crippen molar-refractivity contribution < 1.29 is 69.3 Å². The number of hydrogen-bond donors (Lipinski definition) is 3. The quantitative estimate of drug-likeness (QED) is 0.0453. The highest BCUT2D eigenvalue weighted by Gasteiger charge is 2.39. The lowest BCUT2D eigenvalue weighted by molar-refractivity contribution is 0.0662. The molecule has 3 aromatic heterocycles. The van der Waals surface area contributed by atoms with Gasteiger partial charge in [-0.25, -0.2) is 26.3 Å². The molecule has 0 atom stereocenters. The van der Waals surface area contributed by atoms with Gasteiger partial charge in [0.25, 0.3) is 35.4 Å². The maximum Gasteiger partial charge on any atom is 0.277 e. The van der Waals surface area contributed by atoms with Crippen molar-refractivity contribution >= 4 is 35.4 Å². The topological polar surface area (TPSA) is 252 Å². The Bertz CT molecular complexity index is 3880. The number of nitrogens with one attached hydrogen (secondary N) is 3. The van der Waals surface area contributed by atoms with Crippen LogP contribution in [0.2, 0.25) is 0 Å². The van der Waals surface area contributed by atoms with Crippen LogP contribution in [-0.2, 0) is 19.6 Å². The number of benzene rings is 3. The Kier molecular flexibility index (Phi) is 25.1. The summed E-state index contributed by atoms with van der Waals surface area (Å²) in [6, 6.07) is 9.18. The van der Waals surface area contributed by atoms with Crippen LogP contribution in [0.4, 0.5) is 26.3 Å². The number of pyridine rings is 3. The van der Waals surface area contributed by atoms with E-state index in [1.165, 1.54) is 36.8 Å². The molecule has 0 aliphatic carbocycles. The van der Waals surface area contributed by atoms with Gasteiger partial charge in [0.15, 0.2) is 34.3 Å². The number of fused-ring (bicyclic) bond motifs is 12. The molecule has 9 heterocycles. The summed E-state index contributed by atoms with van der Waals surface area (Å²) in [5.74, 6) is -8.08. The summed E-state index contributed by atoms with van der Waals surface area (Å²) in [7, 11) is 0. The molecule has 3 aromatic carbocycles. The van der Waals surface area contributed by atoms with Gasteiger partial charge < -0.3 is 44.9 Å². The molecule has 6 aromatic rings. The Morgan fingerprint density at radius 2 is 0.647 bits per heavy atom. The van der Waals surface area contributed by atoms with Crippen molar-refractivity contribution in [3.05, 3.63) is 189 Å². The third-order valence-electron chi connectivity index (χ3n) is 18.2. The van der Waals surface area contributed by atoms with E-state index in [-0.39, 0.29) is 125 Å². The molecule has 102 heavy (non-hydrogen) atoms. The van der Waals surface area contributed by atoms with E-state index in [4.69, 9.17) is 14.2 Å². The maximum atomic E-state index is 14.0. The zero-order chi connectivity index (χ0) is 72.7. The van der Waals surface area contributed by atoms with Gasteiger partial charge in [-0.1, -0.05) is 58.2 Å². The highest BCUT2D eigenvalue weighted by molar-refractivity contribution is 6.01. The summed E-state index contributed by atoms with van der Waals surface area (Å²) in [5, 5.41) is 13.3.